The first-order valence-corrected chi connectivity index (χ1v) is 6.66. The number of hydrogen-bond acceptors (Lipinski definition) is 2. The summed E-state index contributed by atoms with van der Waals surface area (Å²) in [7, 11) is 0. The van der Waals surface area contributed by atoms with Crippen molar-refractivity contribution in [2.75, 3.05) is 13.2 Å². The maximum absolute atomic E-state index is 11.4. The number of halogens is 1. The van der Waals surface area contributed by atoms with Crippen LogP contribution in [0, 0.1) is 6.92 Å². The second-order valence-corrected chi connectivity index (χ2v) is 4.94. The number of aryl methyl sites for hydroxylation is 1. The molecule has 0 aromatic heterocycles. The molecule has 0 aliphatic rings. The van der Waals surface area contributed by atoms with Crippen LogP contribution in [0.2, 0.25) is 0 Å². The Labute approximate surface area is 111 Å². The van der Waals surface area contributed by atoms with E-state index in [2.05, 4.69) is 21.2 Å². The van der Waals surface area contributed by atoms with Gasteiger partial charge in [0, 0.05) is 0 Å². The zero-order valence-corrected chi connectivity index (χ0v) is 11.8. The molecule has 1 N–H and O–H groups in total. The Balaban J connectivity index is 2.22. The lowest BCUT2D eigenvalue weighted by Crippen LogP contribution is -2.33. The number of hydrogen-bond donors (Lipinski definition) is 1. The van der Waals surface area contributed by atoms with Gasteiger partial charge in [0.05, 0.1) is 11.4 Å². The molecule has 0 saturated carbocycles. The van der Waals surface area contributed by atoms with Gasteiger partial charge in [-0.25, -0.2) is 0 Å². The first kappa shape index (κ1) is 14.0. The van der Waals surface area contributed by atoms with Gasteiger partial charge in [0.15, 0.2) is 0 Å². The predicted molar refractivity (Wildman–Crippen MR) is 72.7 cm³/mol. The molecule has 1 amide bonds. The topological polar surface area (TPSA) is 38.3 Å². The third-order valence-electron chi connectivity index (χ3n) is 2.30. The average Bonchev–Trinajstić information content (AvgIpc) is 2.33. The Bertz CT molecular complexity index is 368. The summed E-state index contributed by atoms with van der Waals surface area (Å²) in [6.45, 7) is 4.99. The van der Waals surface area contributed by atoms with E-state index in [4.69, 9.17) is 4.74 Å². The molecule has 0 saturated heterocycles. The van der Waals surface area contributed by atoms with Gasteiger partial charge in [-0.1, -0.05) is 35.0 Å². The zero-order chi connectivity index (χ0) is 12.7. The van der Waals surface area contributed by atoms with E-state index >= 15 is 0 Å². The molecular weight excluding hydrogens is 282 g/mol. The average molecular weight is 300 g/mol. The lowest BCUT2D eigenvalue weighted by atomic mass is 10.2. The van der Waals surface area contributed by atoms with Gasteiger partial charge in [0.25, 0.3) is 0 Å². The molecule has 1 rings (SSSR count). The number of amides is 1. The lowest BCUT2D eigenvalue weighted by molar-refractivity contribution is -0.120. The van der Waals surface area contributed by atoms with Crippen molar-refractivity contribution in [2.24, 2.45) is 0 Å². The maximum atomic E-state index is 11.4. The molecule has 0 heterocycles. The van der Waals surface area contributed by atoms with Crippen molar-refractivity contribution in [3.05, 3.63) is 29.8 Å². The molecule has 0 radical (unpaired) electrons. The molecule has 17 heavy (non-hydrogen) atoms. The number of rotatable bonds is 6. The van der Waals surface area contributed by atoms with E-state index in [9.17, 15) is 4.79 Å². The normalized spacial score (nSPS) is 11.9. The summed E-state index contributed by atoms with van der Waals surface area (Å²) in [5, 5.41) is 2.81. The van der Waals surface area contributed by atoms with Crippen LogP contribution in [-0.2, 0) is 4.79 Å². The smallest absolute Gasteiger partial charge is 0.233 e. The van der Waals surface area contributed by atoms with Crippen LogP contribution in [0.15, 0.2) is 24.3 Å². The minimum Gasteiger partial charge on any atom is -0.492 e. The van der Waals surface area contributed by atoms with Crippen LogP contribution >= 0.6 is 15.9 Å². The third-order valence-corrected chi connectivity index (χ3v) is 3.37. The number of carbonyl (C=O) groups is 1. The Morgan fingerprint density at radius 1 is 1.53 bits per heavy atom. The highest BCUT2D eigenvalue weighted by molar-refractivity contribution is 9.10. The molecule has 0 bridgehead atoms. The van der Waals surface area contributed by atoms with Crippen molar-refractivity contribution in [3.63, 3.8) is 0 Å². The van der Waals surface area contributed by atoms with E-state index in [1.165, 1.54) is 0 Å². The van der Waals surface area contributed by atoms with Crippen molar-refractivity contribution < 1.29 is 9.53 Å². The molecule has 0 aliphatic heterocycles. The summed E-state index contributed by atoms with van der Waals surface area (Å²) >= 11 is 3.30. The Kier molecular flexibility index (Phi) is 6.05. The summed E-state index contributed by atoms with van der Waals surface area (Å²) in [6, 6.07) is 7.86. The standard InChI is InChI=1S/C13H18BrNO2/c1-3-12(14)13(16)15-7-8-17-11-6-4-5-10(2)9-11/h4-6,9,12H,3,7-8H2,1-2H3,(H,15,16). The Morgan fingerprint density at radius 3 is 2.94 bits per heavy atom. The highest BCUT2D eigenvalue weighted by Gasteiger charge is 2.10. The van der Waals surface area contributed by atoms with Crippen molar-refractivity contribution >= 4 is 21.8 Å². The lowest BCUT2D eigenvalue weighted by Gasteiger charge is -2.10. The molecule has 94 valence electrons. The first-order valence-electron chi connectivity index (χ1n) is 5.74. The van der Waals surface area contributed by atoms with Crippen molar-refractivity contribution in [1.82, 2.24) is 5.32 Å². The van der Waals surface area contributed by atoms with Gasteiger partial charge in [-0.15, -0.1) is 0 Å². The molecule has 0 spiro atoms. The molecule has 4 heteroatoms. The maximum Gasteiger partial charge on any atom is 0.233 e. The largest absolute Gasteiger partial charge is 0.492 e. The predicted octanol–water partition coefficient (Wildman–Crippen LogP) is 2.66. The Morgan fingerprint density at radius 2 is 2.29 bits per heavy atom. The third kappa shape index (κ3) is 5.22. The molecule has 1 aromatic carbocycles. The fourth-order valence-electron chi connectivity index (χ4n) is 1.34. The minimum atomic E-state index is -0.110. The monoisotopic (exact) mass is 299 g/mol. The highest BCUT2D eigenvalue weighted by atomic mass is 79.9. The van der Waals surface area contributed by atoms with Crippen LogP contribution in [0.5, 0.6) is 5.75 Å². The van der Waals surface area contributed by atoms with Crippen molar-refractivity contribution in [3.8, 4) is 5.75 Å². The van der Waals surface area contributed by atoms with Crippen molar-refractivity contribution in [2.45, 2.75) is 25.1 Å². The fourth-order valence-corrected chi connectivity index (χ4v) is 1.51. The van der Waals surface area contributed by atoms with Gasteiger partial charge in [0.1, 0.15) is 12.4 Å². The van der Waals surface area contributed by atoms with Crippen molar-refractivity contribution in [1.29, 1.82) is 0 Å². The number of carbonyl (C=O) groups excluding carboxylic acids is 1. The number of benzene rings is 1. The molecule has 1 aromatic rings. The van der Waals surface area contributed by atoms with Gasteiger partial charge in [-0.2, -0.15) is 0 Å². The second kappa shape index (κ2) is 7.33. The molecule has 1 atom stereocenters. The summed E-state index contributed by atoms with van der Waals surface area (Å²) in [4.78, 5) is 11.3. The number of nitrogens with one attached hydrogen (secondary N) is 1. The van der Waals surface area contributed by atoms with Gasteiger partial charge < -0.3 is 10.1 Å². The summed E-state index contributed by atoms with van der Waals surface area (Å²) < 4.78 is 5.52. The van der Waals surface area contributed by atoms with Gasteiger partial charge in [-0.05, 0) is 31.0 Å². The zero-order valence-electron chi connectivity index (χ0n) is 10.2. The summed E-state index contributed by atoms with van der Waals surface area (Å²) in [5.41, 5.74) is 1.16. The van der Waals surface area contributed by atoms with Gasteiger partial charge in [-0.3, -0.25) is 4.79 Å². The van der Waals surface area contributed by atoms with Crippen LogP contribution in [0.4, 0.5) is 0 Å². The van der Waals surface area contributed by atoms with E-state index < -0.39 is 0 Å². The van der Waals surface area contributed by atoms with Gasteiger partial charge in [0.2, 0.25) is 5.91 Å². The molecular formula is C13H18BrNO2. The number of ether oxygens (including phenoxy) is 1. The van der Waals surface area contributed by atoms with E-state index in [0.29, 0.717) is 13.2 Å². The molecule has 0 fully saturated rings. The van der Waals surface area contributed by atoms with Gasteiger partial charge >= 0.3 is 0 Å². The van der Waals surface area contributed by atoms with Crippen LogP contribution in [-0.4, -0.2) is 23.9 Å². The second-order valence-electron chi connectivity index (χ2n) is 3.83. The SMILES string of the molecule is CCC(Br)C(=O)NCCOc1cccc(C)c1. The van der Waals surface area contributed by atoms with E-state index in [1.807, 2.05) is 38.1 Å². The van der Waals surface area contributed by atoms with E-state index in [-0.39, 0.29) is 10.7 Å². The van der Waals surface area contributed by atoms with E-state index in [1.54, 1.807) is 0 Å². The molecule has 3 nitrogen and oxygen atoms in total. The highest BCUT2D eigenvalue weighted by Crippen LogP contribution is 2.11. The van der Waals surface area contributed by atoms with Crippen LogP contribution in [0.1, 0.15) is 18.9 Å². The Hall–Kier alpha value is -1.03. The summed E-state index contributed by atoms with van der Waals surface area (Å²) in [6.07, 6.45) is 0.782. The number of alkyl halides is 1. The molecule has 1 unspecified atom stereocenters. The first-order chi connectivity index (χ1) is 8.13. The minimum absolute atomic E-state index is 0.0142. The van der Waals surface area contributed by atoms with E-state index in [0.717, 1.165) is 17.7 Å². The van der Waals surface area contributed by atoms with Crippen LogP contribution in [0.25, 0.3) is 0 Å². The van der Waals surface area contributed by atoms with Crippen LogP contribution in [0.3, 0.4) is 0 Å². The molecule has 0 aliphatic carbocycles. The fraction of sp³-hybridized carbons (Fsp3) is 0.462. The quantitative estimate of drug-likeness (QED) is 0.648. The summed E-state index contributed by atoms with van der Waals surface area (Å²) in [5.74, 6) is 0.852. The van der Waals surface area contributed by atoms with Crippen LogP contribution < -0.4 is 10.1 Å².